The second-order valence-corrected chi connectivity index (χ2v) is 5.51. The molecule has 0 aliphatic heterocycles. The summed E-state index contributed by atoms with van der Waals surface area (Å²) in [6.07, 6.45) is 1.87. The SMILES string of the molecule is CNc1ccc(Oc2ccc(C(C)(C)C)cn2)cc1. The Hall–Kier alpha value is -2.03. The standard InChI is InChI=1S/C16H20N2O/c1-16(2,3)12-5-10-15(18-11-12)19-14-8-6-13(17-4)7-9-14/h5-11,17H,1-4H3. The van der Waals surface area contributed by atoms with Crippen molar-refractivity contribution < 1.29 is 4.74 Å². The maximum absolute atomic E-state index is 5.71. The molecule has 1 aromatic heterocycles. The Bertz CT molecular complexity index is 524. The molecule has 1 aromatic carbocycles. The Morgan fingerprint density at radius 3 is 2.16 bits per heavy atom. The lowest BCUT2D eigenvalue weighted by molar-refractivity contribution is 0.461. The molecule has 1 N–H and O–H groups in total. The van der Waals surface area contributed by atoms with E-state index in [0.29, 0.717) is 5.88 Å². The average Bonchev–Trinajstić information content (AvgIpc) is 2.39. The molecular formula is C16H20N2O. The van der Waals surface area contributed by atoms with Crippen LogP contribution >= 0.6 is 0 Å². The molecule has 0 aliphatic rings. The van der Waals surface area contributed by atoms with E-state index in [1.807, 2.05) is 43.6 Å². The molecule has 0 saturated carbocycles. The van der Waals surface area contributed by atoms with Gasteiger partial charge in [0.15, 0.2) is 0 Å². The van der Waals surface area contributed by atoms with Crippen LogP contribution in [0.5, 0.6) is 11.6 Å². The quantitative estimate of drug-likeness (QED) is 0.893. The van der Waals surface area contributed by atoms with Gasteiger partial charge in [-0.25, -0.2) is 4.98 Å². The number of hydrogen-bond acceptors (Lipinski definition) is 3. The molecule has 3 nitrogen and oxygen atoms in total. The zero-order valence-corrected chi connectivity index (χ0v) is 11.9. The summed E-state index contributed by atoms with van der Waals surface area (Å²) in [5.41, 5.74) is 2.37. The van der Waals surface area contributed by atoms with Crippen LogP contribution in [0.15, 0.2) is 42.6 Å². The van der Waals surface area contributed by atoms with Crippen molar-refractivity contribution in [1.29, 1.82) is 0 Å². The largest absolute Gasteiger partial charge is 0.439 e. The zero-order chi connectivity index (χ0) is 13.9. The fourth-order valence-electron chi connectivity index (χ4n) is 1.69. The van der Waals surface area contributed by atoms with Crippen molar-refractivity contribution in [2.45, 2.75) is 26.2 Å². The highest BCUT2D eigenvalue weighted by Gasteiger charge is 2.13. The zero-order valence-electron chi connectivity index (χ0n) is 11.9. The molecule has 0 aliphatic carbocycles. The molecule has 0 atom stereocenters. The number of ether oxygens (including phenoxy) is 1. The van der Waals surface area contributed by atoms with E-state index >= 15 is 0 Å². The third-order valence-electron chi connectivity index (χ3n) is 2.97. The van der Waals surface area contributed by atoms with E-state index in [0.717, 1.165) is 11.4 Å². The van der Waals surface area contributed by atoms with Crippen molar-refractivity contribution in [1.82, 2.24) is 4.98 Å². The second-order valence-electron chi connectivity index (χ2n) is 5.51. The van der Waals surface area contributed by atoms with E-state index in [4.69, 9.17) is 4.74 Å². The molecule has 1 heterocycles. The van der Waals surface area contributed by atoms with Gasteiger partial charge in [-0.2, -0.15) is 0 Å². The van der Waals surface area contributed by atoms with Crippen LogP contribution in [-0.4, -0.2) is 12.0 Å². The molecule has 0 saturated heterocycles. The number of benzene rings is 1. The van der Waals surface area contributed by atoms with E-state index in [9.17, 15) is 0 Å². The lowest BCUT2D eigenvalue weighted by Gasteiger charge is -2.18. The van der Waals surface area contributed by atoms with Crippen molar-refractivity contribution >= 4 is 5.69 Å². The predicted molar refractivity (Wildman–Crippen MR) is 79.0 cm³/mol. The van der Waals surface area contributed by atoms with Gasteiger partial charge in [-0.3, -0.25) is 0 Å². The number of nitrogens with one attached hydrogen (secondary N) is 1. The van der Waals surface area contributed by atoms with Crippen molar-refractivity contribution in [2.24, 2.45) is 0 Å². The van der Waals surface area contributed by atoms with Gasteiger partial charge < -0.3 is 10.1 Å². The third kappa shape index (κ3) is 3.47. The van der Waals surface area contributed by atoms with Gasteiger partial charge in [0.2, 0.25) is 5.88 Å². The van der Waals surface area contributed by atoms with Crippen LogP contribution in [-0.2, 0) is 5.41 Å². The van der Waals surface area contributed by atoms with Crippen molar-refractivity contribution in [3.05, 3.63) is 48.2 Å². The average molecular weight is 256 g/mol. The summed E-state index contributed by atoms with van der Waals surface area (Å²) < 4.78 is 5.71. The maximum Gasteiger partial charge on any atom is 0.219 e. The van der Waals surface area contributed by atoms with Crippen LogP contribution in [0.3, 0.4) is 0 Å². The van der Waals surface area contributed by atoms with Gasteiger partial charge in [-0.05, 0) is 35.2 Å². The normalized spacial score (nSPS) is 11.2. The van der Waals surface area contributed by atoms with Gasteiger partial charge in [0.25, 0.3) is 0 Å². The minimum Gasteiger partial charge on any atom is -0.439 e. The monoisotopic (exact) mass is 256 g/mol. The Morgan fingerprint density at radius 1 is 1.00 bits per heavy atom. The van der Waals surface area contributed by atoms with E-state index in [-0.39, 0.29) is 5.41 Å². The Morgan fingerprint density at radius 2 is 1.68 bits per heavy atom. The summed E-state index contributed by atoms with van der Waals surface area (Å²) in [5, 5.41) is 3.07. The fourth-order valence-corrected chi connectivity index (χ4v) is 1.69. The van der Waals surface area contributed by atoms with Gasteiger partial charge in [0.1, 0.15) is 5.75 Å². The molecule has 0 amide bonds. The summed E-state index contributed by atoms with van der Waals surface area (Å²) in [6, 6.07) is 11.8. The van der Waals surface area contributed by atoms with Crippen LogP contribution in [0.1, 0.15) is 26.3 Å². The first-order valence-electron chi connectivity index (χ1n) is 6.41. The van der Waals surface area contributed by atoms with Crippen LogP contribution in [0.2, 0.25) is 0 Å². The van der Waals surface area contributed by atoms with Gasteiger partial charge in [0.05, 0.1) is 0 Å². The smallest absolute Gasteiger partial charge is 0.219 e. The topological polar surface area (TPSA) is 34.1 Å². The summed E-state index contributed by atoms with van der Waals surface area (Å²) in [4.78, 5) is 4.35. The lowest BCUT2D eigenvalue weighted by atomic mass is 9.88. The minimum absolute atomic E-state index is 0.111. The molecule has 100 valence electrons. The summed E-state index contributed by atoms with van der Waals surface area (Å²) in [7, 11) is 1.89. The van der Waals surface area contributed by atoms with E-state index in [2.05, 4.69) is 37.1 Å². The molecule has 19 heavy (non-hydrogen) atoms. The minimum atomic E-state index is 0.111. The molecule has 0 fully saturated rings. The van der Waals surface area contributed by atoms with Gasteiger partial charge in [0, 0.05) is 25.0 Å². The Balaban J connectivity index is 2.10. The highest BCUT2D eigenvalue weighted by atomic mass is 16.5. The number of pyridine rings is 1. The molecule has 0 unspecified atom stereocenters. The van der Waals surface area contributed by atoms with Crippen molar-refractivity contribution in [2.75, 3.05) is 12.4 Å². The van der Waals surface area contributed by atoms with E-state index < -0.39 is 0 Å². The number of rotatable bonds is 3. The third-order valence-corrected chi connectivity index (χ3v) is 2.97. The number of hydrogen-bond donors (Lipinski definition) is 1. The number of nitrogens with zero attached hydrogens (tertiary/aromatic N) is 1. The molecule has 0 bridgehead atoms. The van der Waals surface area contributed by atoms with Gasteiger partial charge in [-0.15, -0.1) is 0 Å². The molecule has 3 heteroatoms. The van der Waals surface area contributed by atoms with Crippen LogP contribution < -0.4 is 10.1 Å². The van der Waals surface area contributed by atoms with Gasteiger partial charge in [-0.1, -0.05) is 26.8 Å². The molecule has 0 spiro atoms. The van der Waals surface area contributed by atoms with Crippen LogP contribution in [0.25, 0.3) is 0 Å². The van der Waals surface area contributed by atoms with Gasteiger partial charge >= 0.3 is 0 Å². The van der Waals surface area contributed by atoms with Crippen molar-refractivity contribution in [3.8, 4) is 11.6 Å². The molecule has 2 aromatic rings. The lowest BCUT2D eigenvalue weighted by Crippen LogP contribution is -2.11. The summed E-state index contributed by atoms with van der Waals surface area (Å²) in [5.74, 6) is 1.40. The molecule has 0 radical (unpaired) electrons. The first-order valence-corrected chi connectivity index (χ1v) is 6.41. The van der Waals surface area contributed by atoms with E-state index in [1.165, 1.54) is 5.56 Å². The second kappa shape index (κ2) is 5.31. The highest BCUT2D eigenvalue weighted by molar-refractivity contribution is 5.46. The van der Waals surface area contributed by atoms with E-state index in [1.54, 1.807) is 0 Å². The van der Waals surface area contributed by atoms with Crippen LogP contribution in [0.4, 0.5) is 5.69 Å². The number of aromatic nitrogens is 1. The first kappa shape index (κ1) is 13.4. The molecular weight excluding hydrogens is 236 g/mol. The molecule has 2 rings (SSSR count). The Labute approximate surface area is 114 Å². The fraction of sp³-hybridized carbons (Fsp3) is 0.312. The first-order chi connectivity index (χ1) is 8.99. The summed E-state index contributed by atoms with van der Waals surface area (Å²) in [6.45, 7) is 6.50. The predicted octanol–water partition coefficient (Wildman–Crippen LogP) is 4.21. The van der Waals surface area contributed by atoms with Crippen molar-refractivity contribution in [3.63, 3.8) is 0 Å². The van der Waals surface area contributed by atoms with Crippen LogP contribution in [0, 0.1) is 0 Å². The summed E-state index contributed by atoms with van der Waals surface area (Å²) >= 11 is 0. The maximum atomic E-state index is 5.71. The highest BCUT2D eigenvalue weighted by Crippen LogP contribution is 2.25. The Kier molecular flexibility index (Phi) is 3.74. The number of anilines is 1.